The van der Waals surface area contributed by atoms with E-state index >= 15 is 0 Å². The van der Waals surface area contributed by atoms with Gasteiger partial charge < -0.3 is 4.74 Å². The van der Waals surface area contributed by atoms with Crippen LogP contribution in [0.25, 0.3) is 0 Å². The molecule has 0 aromatic heterocycles. The Morgan fingerprint density at radius 2 is 2.33 bits per heavy atom. The van der Waals surface area contributed by atoms with Gasteiger partial charge in [-0.25, -0.2) is 0 Å². The zero-order chi connectivity index (χ0) is 10.5. The Morgan fingerprint density at radius 3 is 2.87 bits per heavy atom. The number of allylic oxidation sites excluding steroid dienone is 1. The van der Waals surface area contributed by atoms with E-state index in [9.17, 15) is 0 Å². The molecule has 3 aliphatic carbocycles. The second-order valence-corrected chi connectivity index (χ2v) is 5.73. The summed E-state index contributed by atoms with van der Waals surface area (Å²) in [6.07, 6.45) is 9.70. The van der Waals surface area contributed by atoms with E-state index in [1.165, 1.54) is 37.7 Å². The zero-order valence-corrected chi connectivity index (χ0v) is 9.96. The molecule has 1 nitrogen and oxygen atoms in total. The highest BCUT2D eigenvalue weighted by molar-refractivity contribution is 5.26. The van der Waals surface area contributed by atoms with Crippen molar-refractivity contribution in [2.45, 2.75) is 52.1 Å². The van der Waals surface area contributed by atoms with Gasteiger partial charge in [-0.15, -0.1) is 0 Å². The molecule has 84 valence electrons. The van der Waals surface area contributed by atoms with E-state index in [4.69, 9.17) is 4.74 Å². The fraction of sp³-hybridized carbons (Fsp3) is 0.857. The van der Waals surface area contributed by atoms with Crippen molar-refractivity contribution in [3.63, 3.8) is 0 Å². The van der Waals surface area contributed by atoms with Gasteiger partial charge in [0.1, 0.15) is 0 Å². The second kappa shape index (κ2) is 3.35. The predicted molar refractivity (Wildman–Crippen MR) is 61.7 cm³/mol. The van der Waals surface area contributed by atoms with Crippen molar-refractivity contribution in [2.75, 3.05) is 6.61 Å². The van der Waals surface area contributed by atoms with Gasteiger partial charge in [-0.1, -0.05) is 19.4 Å². The van der Waals surface area contributed by atoms with Crippen molar-refractivity contribution in [3.8, 4) is 0 Å². The Labute approximate surface area is 92.9 Å². The lowest BCUT2D eigenvalue weighted by Crippen LogP contribution is -2.16. The van der Waals surface area contributed by atoms with E-state index in [1.54, 1.807) is 0 Å². The summed E-state index contributed by atoms with van der Waals surface area (Å²) in [6.45, 7) is 5.28. The van der Waals surface area contributed by atoms with Crippen LogP contribution in [0.4, 0.5) is 0 Å². The van der Waals surface area contributed by atoms with E-state index in [2.05, 4.69) is 19.9 Å². The molecule has 4 unspecified atom stereocenters. The molecule has 0 aromatic rings. The molecule has 3 rings (SSSR count). The first-order valence-corrected chi connectivity index (χ1v) is 6.56. The minimum absolute atomic E-state index is 0.621. The minimum atomic E-state index is 0.621. The quantitative estimate of drug-likeness (QED) is 0.625. The first-order chi connectivity index (χ1) is 7.30. The van der Waals surface area contributed by atoms with E-state index in [0.717, 1.165) is 23.9 Å². The summed E-state index contributed by atoms with van der Waals surface area (Å²) >= 11 is 0. The van der Waals surface area contributed by atoms with Crippen molar-refractivity contribution >= 4 is 0 Å². The maximum Gasteiger partial charge on any atom is 0.0680 e. The molecule has 0 aromatic carbocycles. The van der Waals surface area contributed by atoms with E-state index in [0.29, 0.717) is 6.10 Å². The number of hydrogen-bond acceptors (Lipinski definition) is 1. The molecule has 3 fully saturated rings. The summed E-state index contributed by atoms with van der Waals surface area (Å²) in [5, 5.41) is 0. The standard InChI is InChI=1S/C14H22O/c1-3-5-10(4-2)9-15-13-6-11-7-14(11)8-12(13)14/h4,11-13H,3,5-9H2,1-2H3/b10-4-. The van der Waals surface area contributed by atoms with Crippen LogP contribution in [0.15, 0.2) is 11.6 Å². The van der Waals surface area contributed by atoms with Gasteiger partial charge in [0.2, 0.25) is 0 Å². The summed E-state index contributed by atoms with van der Waals surface area (Å²) in [5.74, 6) is 2.02. The lowest BCUT2D eigenvalue weighted by atomic mass is 10.1. The molecule has 0 bridgehead atoms. The van der Waals surface area contributed by atoms with Crippen molar-refractivity contribution in [1.29, 1.82) is 0 Å². The maximum atomic E-state index is 6.09. The molecular formula is C14H22O. The highest BCUT2D eigenvalue weighted by atomic mass is 16.5. The van der Waals surface area contributed by atoms with E-state index < -0.39 is 0 Å². The molecule has 0 N–H and O–H groups in total. The van der Waals surface area contributed by atoms with E-state index in [1.807, 2.05) is 0 Å². The van der Waals surface area contributed by atoms with Crippen LogP contribution in [-0.4, -0.2) is 12.7 Å². The van der Waals surface area contributed by atoms with Gasteiger partial charge in [-0.2, -0.15) is 0 Å². The van der Waals surface area contributed by atoms with Crippen molar-refractivity contribution in [3.05, 3.63) is 11.6 Å². The monoisotopic (exact) mass is 206 g/mol. The van der Waals surface area contributed by atoms with Crippen molar-refractivity contribution < 1.29 is 4.74 Å². The molecule has 1 heteroatoms. The Kier molecular flexibility index (Phi) is 2.21. The van der Waals surface area contributed by atoms with Crippen molar-refractivity contribution in [1.82, 2.24) is 0 Å². The SMILES string of the molecule is C/C=C(/CCC)COC1CC2CC23CC13. The fourth-order valence-corrected chi connectivity index (χ4v) is 3.74. The third kappa shape index (κ3) is 1.47. The predicted octanol–water partition coefficient (Wildman–Crippen LogP) is 3.55. The third-order valence-corrected chi connectivity index (χ3v) is 4.89. The minimum Gasteiger partial charge on any atom is -0.374 e. The average Bonchev–Trinajstić information content (AvgIpc) is 3.11. The maximum absolute atomic E-state index is 6.09. The number of hydrogen-bond donors (Lipinski definition) is 0. The summed E-state index contributed by atoms with van der Waals surface area (Å²) in [4.78, 5) is 0. The molecule has 3 aliphatic rings. The largest absolute Gasteiger partial charge is 0.374 e. The van der Waals surface area contributed by atoms with Crippen molar-refractivity contribution in [2.24, 2.45) is 17.3 Å². The lowest BCUT2D eigenvalue weighted by molar-refractivity contribution is 0.0508. The molecule has 0 heterocycles. The Balaban J connectivity index is 1.47. The third-order valence-electron chi connectivity index (χ3n) is 4.89. The van der Waals surface area contributed by atoms with Crippen LogP contribution in [0.3, 0.4) is 0 Å². The van der Waals surface area contributed by atoms with E-state index in [-0.39, 0.29) is 0 Å². The van der Waals surface area contributed by atoms with Crippen LogP contribution in [0.5, 0.6) is 0 Å². The van der Waals surface area contributed by atoms with Gasteiger partial charge >= 0.3 is 0 Å². The average molecular weight is 206 g/mol. The number of ether oxygens (including phenoxy) is 1. The highest BCUT2D eigenvalue weighted by Gasteiger charge is 2.77. The molecule has 0 saturated heterocycles. The first kappa shape index (κ1) is 9.89. The highest BCUT2D eigenvalue weighted by Crippen LogP contribution is 2.82. The van der Waals surface area contributed by atoms with Crippen LogP contribution in [0.2, 0.25) is 0 Å². The molecule has 4 atom stereocenters. The summed E-state index contributed by atoms with van der Waals surface area (Å²) < 4.78 is 6.09. The lowest BCUT2D eigenvalue weighted by Gasteiger charge is -2.16. The van der Waals surface area contributed by atoms with Gasteiger partial charge in [0, 0.05) is 0 Å². The van der Waals surface area contributed by atoms with Crippen LogP contribution in [0, 0.1) is 17.3 Å². The van der Waals surface area contributed by atoms with Gasteiger partial charge in [0.25, 0.3) is 0 Å². The van der Waals surface area contributed by atoms with Crippen LogP contribution < -0.4 is 0 Å². The van der Waals surface area contributed by atoms with Gasteiger partial charge in [-0.3, -0.25) is 0 Å². The Hall–Kier alpha value is -0.300. The molecule has 0 amide bonds. The molecule has 3 saturated carbocycles. The van der Waals surface area contributed by atoms with Crippen LogP contribution in [0.1, 0.15) is 46.0 Å². The zero-order valence-electron chi connectivity index (χ0n) is 9.96. The first-order valence-electron chi connectivity index (χ1n) is 6.56. The molecule has 0 radical (unpaired) electrons. The Morgan fingerprint density at radius 1 is 1.47 bits per heavy atom. The summed E-state index contributed by atoms with van der Waals surface area (Å²) in [6, 6.07) is 0. The molecule has 1 spiro atoms. The van der Waals surface area contributed by atoms with Gasteiger partial charge in [0.15, 0.2) is 0 Å². The molecule has 15 heavy (non-hydrogen) atoms. The number of rotatable bonds is 5. The topological polar surface area (TPSA) is 9.23 Å². The van der Waals surface area contributed by atoms with Crippen LogP contribution >= 0.6 is 0 Å². The second-order valence-electron chi connectivity index (χ2n) is 5.73. The fourth-order valence-electron chi connectivity index (χ4n) is 3.74. The Bertz CT molecular complexity index is 294. The normalized spacial score (nSPS) is 46.3. The van der Waals surface area contributed by atoms with Crippen LogP contribution in [-0.2, 0) is 4.74 Å². The molecule has 0 aliphatic heterocycles. The van der Waals surface area contributed by atoms with Gasteiger partial charge in [0.05, 0.1) is 12.7 Å². The summed E-state index contributed by atoms with van der Waals surface area (Å²) in [7, 11) is 0. The van der Waals surface area contributed by atoms with Gasteiger partial charge in [-0.05, 0) is 55.4 Å². The smallest absolute Gasteiger partial charge is 0.0680 e. The molecular weight excluding hydrogens is 184 g/mol. The summed E-state index contributed by atoms with van der Waals surface area (Å²) in [5.41, 5.74) is 2.33.